The Bertz CT molecular complexity index is 157. The van der Waals surface area contributed by atoms with E-state index in [1.165, 1.54) is 57.8 Å². The van der Waals surface area contributed by atoms with Gasteiger partial charge in [0.05, 0.1) is 0 Å². The van der Waals surface area contributed by atoms with Gasteiger partial charge in [-0.05, 0) is 0 Å². The van der Waals surface area contributed by atoms with Crippen LogP contribution < -0.4 is 0 Å². The molecule has 0 bridgehead atoms. The van der Waals surface area contributed by atoms with Crippen molar-refractivity contribution in [2.75, 3.05) is 0 Å². The van der Waals surface area contributed by atoms with Crippen LogP contribution in [0.4, 0.5) is 0 Å². The zero-order chi connectivity index (χ0) is 14.7. The zero-order valence-corrected chi connectivity index (χ0v) is 15.8. The standard InChI is InChI=1S/C18H40Si/c1-7-10-13-16(4)19(17(5)14-11-8-2)18(6)15-12-9-3/h16-19H,7-15H2,1-6H3. The van der Waals surface area contributed by atoms with E-state index in [1.54, 1.807) is 0 Å². The van der Waals surface area contributed by atoms with Crippen LogP contribution in [0.1, 0.15) is 99.3 Å². The van der Waals surface area contributed by atoms with Gasteiger partial charge in [-0.15, -0.1) is 0 Å². The van der Waals surface area contributed by atoms with Gasteiger partial charge in [-0.1, -0.05) is 116 Å². The van der Waals surface area contributed by atoms with Gasteiger partial charge in [0, 0.05) is 8.80 Å². The van der Waals surface area contributed by atoms with Crippen LogP contribution in [0.15, 0.2) is 0 Å². The largest absolute Gasteiger partial charge is 0.0654 e. The summed E-state index contributed by atoms with van der Waals surface area (Å²) in [6.07, 6.45) is 13.0. The molecule has 0 aliphatic rings. The minimum atomic E-state index is -0.611. The minimum absolute atomic E-state index is 0.611. The molecule has 1 heteroatoms. The van der Waals surface area contributed by atoms with Crippen molar-refractivity contribution in [3.63, 3.8) is 0 Å². The Hall–Kier alpha value is 0.217. The van der Waals surface area contributed by atoms with Crippen LogP contribution in [-0.4, -0.2) is 8.80 Å². The van der Waals surface area contributed by atoms with Gasteiger partial charge in [0.2, 0.25) is 0 Å². The van der Waals surface area contributed by atoms with E-state index in [2.05, 4.69) is 41.5 Å². The van der Waals surface area contributed by atoms with Gasteiger partial charge < -0.3 is 0 Å². The van der Waals surface area contributed by atoms with Crippen molar-refractivity contribution in [3.8, 4) is 0 Å². The molecule has 3 unspecified atom stereocenters. The van der Waals surface area contributed by atoms with Crippen LogP contribution in [0.25, 0.3) is 0 Å². The van der Waals surface area contributed by atoms with Gasteiger partial charge in [-0.3, -0.25) is 0 Å². The molecule has 0 nitrogen and oxygen atoms in total. The molecule has 0 heterocycles. The number of hydrogen-bond acceptors (Lipinski definition) is 0. The van der Waals surface area contributed by atoms with E-state index < -0.39 is 8.80 Å². The zero-order valence-electron chi connectivity index (χ0n) is 14.7. The van der Waals surface area contributed by atoms with Crippen molar-refractivity contribution in [2.24, 2.45) is 0 Å². The molecule has 0 aliphatic heterocycles. The summed E-state index contributed by atoms with van der Waals surface area (Å²) in [6.45, 7) is 14.8. The van der Waals surface area contributed by atoms with Gasteiger partial charge in [0.15, 0.2) is 0 Å². The Morgan fingerprint density at radius 3 is 1.05 bits per heavy atom. The highest BCUT2D eigenvalue weighted by atomic mass is 28.3. The summed E-state index contributed by atoms with van der Waals surface area (Å²) < 4.78 is 0. The molecule has 0 radical (unpaired) electrons. The molecule has 0 saturated heterocycles. The lowest BCUT2D eigenvalue weighted by Crippen LogP contribution is -2.29. The van der Waals surface area contributed by atoms with E-state index >= 15 is 0 Å². The second kappa shape index (κ2) is 12.0. The Labute approximate surface area is 125 Å². The average Bonchev–Trinajstić information content (AvgIpc) is 2.40. The fourth-order valence-electron chi connectivity index (χ4n) is 3.84. The van der Waals surface area contributed by atoms with Crippen molar-refractivity contribution < 1.29 is 0 Å². The SMILES string of the molecule is CCCCC(C)[SiH](C(C)CCCC)C(C)CCCC. The van der Waals surface area contributed by atoms with E-state index in [0.29, 0.717) is 0 Å². The molecule has 0 fully saturated rings. The Morgan fingerprint density at radius 2 is 0.842 bits per heavy atom. The van der Waals surface area contributed by atoms with Gasteiger partial charge >= 0.3 is 0 Å². The summed E-state index contributed by atoms with van der Waals surface area (Å²) in [4.78, 5) is 0. The topological polar surface area (TPSA) is 0 Å². The van der Waals surface area contributed by atoms with Crippen LogP contribution in [0.2, 0.25) is 16.6 Å². The number of unbranched alkanes of at least 4 members (excludes halogenated alkanes) is 3. The molecule has 0 aliphatic carbocycles. The second-order valence-corrected chi connectivity index (χ2v) is 11.5. The molecule has 0 aromatic heterocycles. The second-order valence-electron chi connectivity index (χ2n) is 6.94. The fourth-order valence-corrected chi connectivity index (χ4v) is 9.07. The maximum atomic E-state index is 2.58. The summed E-state index contributed by atoms with van der Waals surface area (Å²) in [5.74, 6) is 0. The molecule has 116 valence electrons. The predicted molar refractivity (Wildman–Crippen MR) is 94.0 cm³/mol. The van der Waals surface area contributed by atoms with Gasteiger partial charge in [-0.25, -0.2) is 0 Å². The van der Waals surface area contributed by atoms with Crippen molar-refractivity contribution in [1.29, 1.82) is 0 Å². The normalized spacial score (nSPS) is 18.0. The Morgan fingerprint density at radius 1 is 0.579 bits per heavy atom. The molecule has 0 saturated carbocycles. The van der Waals surface area contributed by atoms with Crippen LogP contribution in [0.5, 0.6) is 0 Å². The van der Waals surface area contributed by atoms with E-state index in [0.717, 1.165) is 16.6 Å². The van der Waals surface area contributed by atoms with Crippen molar-refractivity contribution in [3.05, 3.63) is 0 Å². The molecule has 3 atom stereocenters. The highest BCUT2D eigenvalue weighted by Crippen LogP contribution is 2.38. The Kier molecular flexibility index (Phi) is 12.1. The Balaban J connectivity index is 4.50. The number of rotatable bonds is 12. The average molecular weight is 285 g/mol. The quantitative estimate of drug-likeness (QED) is 0.340. The van der Waals surface area contributed by atoms with E-state index in [9.17, 15) is 0 Å². The van der Waals surface area contributed by atoms with E-state index in [4.69, 9.17) is 0 Å². The van der Waals surface area contributed by atoms with Gasteiger partial charge in [-0.2, -0.15) is 0 Å². The van der Waals surface area contributed by atoms with Gasteiger partial charge in [0.1, 0.15) is 0 Å². The third-order valence-corrected chi connectivity index (χ3v) is 9.95. The molecule has 0 rings (SSSR count). The maximum absolute atomic E-state index is 2.58. The lowest BCUT2D eigenvalue weighted by atomic mass is 10.2. The molecular weight excluding hydrogens is 244 g/mol. The van der Waals surface area contributed by atoms with Crippen molar-refractivity contribution >= 4 is 8.80 Å². The first-order valence-electron chi connectivity index (χ1n) is 9.08. The highest BCUT2D eigenvalue weighted by molar-refractivity contribution is 6.63. The van der Waals surface area contributed by atoms with Crippen molar-refractivity contribution in [1.82, 2.24) is 0 Å². The van der Waals surface area contributed by atoms with E-state index in [1.807, 2.05) is 0 Å². The summed E-state index contributed by atoms with van der Waals surface area (Å²) >= 11 is 0. The lowest BCUT2D eigenvalue weighted by molar-refractivity contribution is 0.612. The van der Waals surface area contributed by atoms with Crippen LogP contribution in [-0.2, 0) is 0 Å². The molecular formula is C18H40Si. The summed E-state index contributed by atoms with van der Waals surface area (Å²) in [6, 6.07) is 0. The third-order valence-electron chi connectivity index (χ3n) is 5.01. The first-order valence-corrected chi connectivity index (χ1v) is 11.1. The summed E-state index contributed by atoms with van der Waals surface area (Å²) in [5, 5.41) is 0. The van der Waals surface area contributed by atoms with Crippen LogP contribution >= 0.6 is 0 Å². The summed E-state index contributed by atoms with van der Waals surface area (Å²) in [5.41, 5.74) is 3.16. The molecule has 0 aromatic carbocycles. The molecule has 0 N–H and O–H groups in total. The van der Waals surface area contributed by atoms with Gasteiger partial charge in [0.25, 0.3) is 0 Å². The first-order chi connectivity index (χ1) is 9.08. The van der Waals surface area contributed by atoms with Crippen molar-refractivity contribution in [2.45, 2.75) is 116 Å². The highest BCUT2D eigenvalue weighted by Gasteiger charge is 2.29. The van der Waals surface area contributed by atoms with Crippen LogP contribution in [0.3, 0.4) is 0 Å². The summed E-state index contributed by atoms with van der Waals surface area (Å²) in [7, 11) is -0.611. The maximum Gasteiger partial charge on any atom is 0.0453 e. The first kappa shape index (κ1) is 19.2. The molecule has 0 spiro atoms. The third kappa shape index (κ3) is 8.17. The molecule has 0 aromatic rings. The lowest BCUT2D eigenvalue weighted by Gasteiger charge is -2.33. The van der Waals surface area contributed by atoms with Crippen LogP contribution in [0, 0.1) is 0 Å². The molecule has 19 heavy (non-hydrogen) atoms. The van der Waals surface area contributed by atoms with E-state index in [-0.39, 0.29) is 0 Å². The fraction of sp³-hybridized carbons (Fsp3) is 1.00. The number of hydrogen-bond donors (Lipinski definition) is 0. The minimum Gasteiger partial charge on any atom is -0.0654 e. The predicted octanol–water partition coefficient (Wildman–Crippen LogP) is 6.95. The smallest absolute Gasteiger partial charge is 0.0453 e. The monoisotopic (exact) mass is 284 g/mol. The molecule has 0 amide bonds.